The summed E-state index contributed by atoms with van der Waals surface area (Å²) in [6.45, 7) is 1.85. The van der Waals surface area contributed by atoms with Crippen molar-refractivity contribution in [1.29, 1.82) is 0 Å². The molecule has 4 rings (SSSR count). The fourth-order valence-electron chi connectivity index (χ4n) is 2.38. The summed E-state index contributed by atoms with van der Waals surface area (Å²) in [6.07, 6.45) is 2.94. The molecule has 6 heteroatoms. The first-order valence-corrected chi connectivity index (χ1v) is 8.20. The molecule has 1 aromatic carbocycles. The number of fused-ring (bicyclic) bond motifs is 1. The Kier molecular flexibility index (Phi) is 3.59. The predicted octanol–water partition coefficient (Wildman–Crippen LogP) is 3.91. The molecule has 0 N–H and O–H groups in total. The standard InChI is InChI=1S/C18H13N3O2S/c1-12-7-8-14(23-12)10-20-21-11-19-17-15(18(21)22)9-16(24-17)13-5-3-2-4-6-13/h2-11H,1H3/b20-10-. The zero-order valence-electron chi connectivity index (χ0n) is 12.8. The molecule has 4 aromatic rings. The molecule has 3 heterocycles. The number of benzene rings is 1. The minimum absolute atomic E-state index is 0.196. The first-order valence-electron chi connectivity index (χ1n) is 7.38. The van der Waals surface area contributed by atoms with Gasteiger partial charge in [-0.05, 0) is 30.7 Å². The average Bonchev–Trinajstić information content (AvgIpc) is 3.22. The van der Waals surface area contributed by atoms with Crippen molar-refractivity contribution >= 4 is 27.8 Å². The van der Waals surface area contributed by atoms with E-state index in [-0.39, 0.29) is 5.56 Å². The molecule has 0 spiro atoms. The van der Waals surface area contributed by atoms with Crippen LogP contribution < -0.4 is 5.56 Å². The highest BCUT2D eigenvalue weighted by Crippen LogP contribution is 2.30. The van der Waals surface area contributed by atoms with Gasteiger partial charge in [0.25, 0.3) is 5.56 Å². The molecule has 0 amide bonds. The van der Waals surface area contributed by atoms with Crippen molar-refractivity contribution < 1.29 is 4.42 Å². The van der Waals surface area contributed by atoms with E-state index in [1.807, 2.05) is 49.4 Å². The van der Waals surface area contributed by atoms with Crippen molar-refractivity contribution in [2.75, 3.05) is 0 Å². The van der Waals surface area contributed by atoms with Gasteiger partial charge in [-0.25, -0.2) is 4.98 Å². The number of hydrogen-bond acceptors (Lipinski definition) is 5. The third-order valence-corrected chi connectivity index (χ3v) is 4.66. The number of rotatable bonds is 3. The van der Waals surface area contributed by atoms with Crippen LogP contribution in [0, 0.1) is 6.92 Å². The highest BCUT2D eigenvalue weighted by atomic mass is 32.1. The average molecular weight is 335 g/mol. The third kappa shape index (κ3) is 2.68. The summed E-state index contributed by atoms with van der Waals surface area (Å²) >= 11 is 1.50. The normalized spacial score (nSPS) is 11.5. The van der Waals surface area contributed by atoms with E-state index in [0.717, 1.165) is 16.2 Å². The van der Waals surface area contributed by atoms with Crippen LogP contribution in [0.3, 0.4) is 0 Å². The van der Waals surface area contributed by atoms with E-state index in [9.17, 15) is 4.79 Å². The predicted molar refractivity (Wildman–Crippen MR) is 95.8 cm³/mol. The number of aryl methyl sites for hydroxylation is 1. The maximum atomic E-state index is 12.6. The van der Waals surface area contributed by atoms with Gasteiger partial charge in [-0.3, -0.25) is 4.79 Å². The number of nitrogens with zero attached hydrogens (tertiary/aromatic N) is 3. The first-order chi connectivity index (χ1) is 11.7. The van der Waals surface area contributed by atoms with E-state index in [2.05, 4.69) is 10.1 Å². The summed E-state index contributed by atoms with van der Waals surface area (Å²) in [5.41, 5.74) is 0.874. The highest BCUT2D eigenvalue weighted by Gasteiger charge is 2.10. The summed E-state index contributed by atoms with van der Waals surface area (Å²) in [7, 11) is 0. The molecule has 0 saturated heterocycles. The van der Waals surface area contributed by atoms with Gasteiger partial charge in [0, 0.05) is 4.88 Å². The quantitative estimate of drug-likeness (QED) is 0.533. The van der Waals surface area contributed by atoms with Gasteiger partial charge in [0.05, 0.1) is 11.6 Å². The largest absolute Gasteiger partial charge is 0.460 e. The van der Waals surface area contributed by atoms with Gasteiger partial charge in [0.1, 0.15) is 22.7 Å². The summed E-state index contributed by atoms with van der Waals surface area (Å²) < 4.78 is 6.64. The second-order valence-electron chi connectivity index (χ2n) is 5.28. The van der Waals surface area contributed by atoms with Crippen molar-refractivity contribution in [2.24, 2.45) is 5.10 Å². The molecule has 0 aliphatic rings. The molecule has 5 nitrogen and oxygen atoms in total. The highest BCUT2D eigenvalue weighted by molar-refractivity contribution is 7.21. The number of thiophene rings is 1. The van der Waals surface area contributed by atoms with E-state index >= 15 is 0 Å². The van der Waals surface area contributed by atoms with Gasteiger partial charge < -0.3 is 4.42 Å². The molecule has 0 atom stereocenters. The Morgan fingerprint density at radius 3 is 2.79 bits per heavy atom. The monoisotopic (exact) mass is 335 g/mol. The van der Waals surface area contributed by atoms with Gasteiger partial charge in [0.2, 0.25) is 0 Å². The number of furan rings is 1. The van der Waals surface area contributed by atoms with Gasteiger partial charge in [0.15, 0.2) is 0 Å². The van der Waals surface area contributed by atoms with Crippen LogP contribution in [0.2, 0.25) is 0 Å². The smallest absolute Gasteiger partial charge is 0.282 e. The molecular weight excluding hydrogens is 322 g/mol. The molecule has 0 fully saturated rings. The van der Waals surface area contributed by atoms with E-state index in [0.29, 0.717) is 16.0 Å². The number of aromatic nitrogens is 2. The van der Waals surface area contributed by atoms with Crippen molar-refractivity contribution in [3.8, 4) is 10.4 Å². The maximum absolute atomic E-state index is 12.6. The molecule has 3 aromatic heterocycles. The van der Waals surface area contributed by atoms with Gasteiger partial charge in [-0.2, -0.15) is 9.78 Å². The zero-order chi connectivity index (χ0) is 16.5. The van der Waals surface area contributed by atoms with Gasteiger partial charge >= 0.3 is 0 Å². The van der Waals surface area contributed by atoms with Crippen molar-refractivity contribution in [3.63, 3.8) is 0 Å². The lowest BCUT2D eigenvalue weighted by Gasteiger charge is -1.95. The van der Waals surface area contributed by atoms with Crippen molar-refractivity contribution in [3.05, 3.63) is 76.7 Å². The first kappa shape index (κ1) is 14.6. The molecule has 0 unspecified atom stereocenters. The Bertz CT molecular complexity index is 1090. The van der Waals surface area contributed by atoms with Gasteiger partial charge in [-0.1, -0.05) is 30.3 Å². The molecule has 24 heavy (non-hydrogen) atoms. The van der Waals surface area contributed by atoms with E-state index < -0.39 is 0 Å². The fraction of sp³-hybridized carbons (Fsp3) is 0.0556. The Hall–Kier alpha value is -2.99. The minimum atomic E-state index is -0.196. The van der Waals surface area contributed by atoms with E-state index in [4.69, 9.17) is 4.42 Å². The van der Waals surface area contributed by atoms with E-state index in [1.54, 1.807) is 6.07 Å². The maximum Gasteiger partial charge on any atom is 0.282 e. The minimum Gasteiger partial charge on any atom is -0.460 e. The van der Waals surface area contributed by atoms with Crippen LogP contribution in [0.4, 0.5) is 0 Å². The Balaban J connectivity index is 1.75. The lowest BCUT2D eigenvalue weighted by atomic mass is 10.2. The molecule has 118 valence electrons. The Labute approximate surface area is 141 Å². The topological polar surface area (TPSA) is 60.4 Å². The summed E-state index contributed by atoms with van der Waals surface area (Å²) in [6, 6.07) is 15.5. The van der Waals surface area contributed by atoms with Crippen LogP contribution in [-0.4, -0.2) is 15.9 Å². The fourth-order valence-corrected chi connectivity index (χ4v) is 3.38. The second-order valence-corrected chi connectivity index (χ2v) is 6.31. The van der Waals surface area contributed by atoms with Crippen LogP contribution in [0.15, 0.2) is 69.2 Å². The number of hydrogen-bond donors (Lipinski definition) is 0. The summed E-state index contributed by atoms with van der Waals surface area (Å²) in [4.78, 5) is 18.6. The van der Waals surface area contributed by atoms with Crippen LogP contribution in [0.25, 0.3) is 20.7 Å². The molecule has 0 saturated carbocycles. The van der Waals surface area contributed by atoms with Crippen LogP contribution in [-0.2, 0) is 0 Å². The SMILES string of the molecule is Cc1ccc(/C=N\n2cnc3sc(-c4ccccc4)cc3c2=O)o1. The van der Waals surface area contributed by atoms with Gasteiger partial charge in [-0.15, -0.1) is 11.3 Å². The van der Waals surface area contributed by atoms with Crippen LogP contribution in [0.1, 0.15) is 11.5 Å². The zero-order valence-corrected chi connectivity index (χ0v) is 13.7. The van der Waals surface area contributed by atoms with Crippen LogP contribution >= 0.6 is 11.3 Å². The molecule has 0 aliphatic carbocycles. The molecular formula is C18H13N3O2S. The lowest BCUT2D eigenvalue weighted by molar-refractivity contribution is 0.527. The lowest BCUT2D eigenvalue weighted by Crippen LogP contribution is -2.16. The molecule has 0 aliphatic heterocycles. The third-order valence-electron chi connectivity index (χ3n) is 3.56. The molecule has 0 bridgehead atoms. The second kappa shape index (κ2) is 5.90. The Morgan fingerprint density at radius 1 is 1.21 bits per heavy atom. The van der Waals surface area contributed by atoms with E-state index in [1.165, 1.54) is 28.6 Å². The van der Waals surface area contributed by atoms with Crippen molar-refractivity contribution in [1.82, 2.24) is 9.66 Å². The molecule has 0 radical (unpaired) electrons. The Morgan fingerprint density at radius 2 is 2.04 bits per heavy atom. The summed E-state index contributed by atoms with van der Waals surface area (Å²) in [5.74, 6) is 1.39. The van der Waals surface area contributed by atoms with Crippen LogP contribution in [0.5, 0.6) is 0 Å². The van der Waals surface area contributed by atoms with Crippen molar-refractivity contribution in [2.45, 2.75) is 6.92 Å². The summed E-state index contributed by atoms with van der Waals surface area (Å²) in [5, 5.41) is 4.71.